The fraction of sp³-hybridized carbons (Fsp3) is 0.364. The summed E-state index contributed by atoms with van der Waals surface area (Å²) < 4.78 is 0. The zero-order valence-electron chi connectivity index (χ0n) is 8.00. The Morgan fingerprint density at radius 1 is 1.25 bits per heavy atom. The maximum absolute atomic E-state index is 10.0. The van der Waals surface area contributed by atoms with Gasteiger partial charge >= 0.3 is 0 Å². The Labute approximate surface area is 74.5 Å². The summed E-state index contributed by atoms with van der Waals surface area (Å²) in [6.07, 6.45) is 9.37. The number of rotatable bonds is 4. The van der Waals surface area contributed by atoms with Crippen LogP contribution >= 0.6 is 0 Å². The summed E-state index contributed by atoms with van der Waals surface area (Å²) >= 11 is 0. The van der Waals surface area contributed by atoms with Crippen molar-refractivity contribution in [3.8, 4) is 0 Å². The van der Waals surface area contributed by atoms with Gasteiger partial charge in [0.1, 0.15) is 6.29 Å². The van der Waals surface area contributed by atoms with E-state index in [4.69, 9.17) is 0 Å². The third-order valence-electron chi connectivity index (χ3n) is 1.63. The van der Waals surface area contributed by atoms with Crippen molar-refractivity contribution in [2.75, 3.05) is 0 Å². The summed E-state index contributed by atoms with van der Waals surface area (Å²) in [7, 11) is 0. The normalized spacial score (nSPS) is 13.9. The monoisotopic (exact) mass is 164 g/mol. The molecule has 0 radical (unpaired) electrons. The second kappa shape index (κ2) is 6.59. The first kappa shape index (κ1) is 10.9. The van der Waals surface area contributed by atoms with Crippen molar-refractivity contribution >= 4 is 6.29 Å². The molecule has 0 heterocycles. The van der Waals surface area contributed by atoms with Crippen molar-refractivity contribution in [3.63, 3.8) is 0 Å². The highest BCUT2D eigenvalue weighted by Gasteiger charge is 1.80. The lowest BCUT2D eigenvalue weighted by Gasteiger charge is -1.89. The quantitative estimate of drug-likeness (QED) is 0.354. The van der Waals surface area contributed by atoms with Crippen LogP contribution in [0.4, 0.5) is 0 Å². The first-order valence-corrected chi connectivity index (χ1v) is 4.16. The van der Waals surface area contributed by atoms with Crippen LogP contribution in [-0.2, 0) is 4.79 Å². The van der Waals surface area contributed by atoms with E-state index in [1.54, 1.807) is 6.08 Å². The molecule has 1 nitrogen and oxygen atoms in total. The molecule has 0 aromatic heterocycles. The van der Waals surface area contributed by atoms with Gasteiger partial charge in [-0.1, -0.05) is 30.7 Å². The molecule has 0 aromatic rings. The molecular formula is C11H16O. The molecule has 0 aromatic carbocycles. The summed E-state index contributed by atoms with van der Waals surface area (Å²) in [5, 5.41) is 0. The Morgan fingerprint density at radius 3 is 2.42 bits per heavy atom. The van der Waals surface area contributed by atoms with E-state index in [0.717, 1.165) is 18.3 Å². The van der Waals surface area contributed by atoms with Crippen LogP contribution in [0.15, 0.2) is 35.5 Å². The van der Waals surface area contributed by atoms with Crippen LogP contribution in [0.2, 0.25) is 0 Å². The van der Waals surface area contributed by atoms with Crippen molar-refractivity contribution in [1.82, 2.24) is 0 Å². The number of allylic oxidation sites excluding steroid dienone is 6. The van der Waals surface area contributed by atoms with Crippen LogP contribution in [0, 0.1) is 0 Å². The van der Waals surface area contributed by atoms with Gasteiger partial charge in [-0.3, -0.25) is 4.79 Å². The van der Waals surface area contributed by atoms with Crippen LogP contribution in [0.25, 0.3) is 0 Å². The number of carbonyl (C=O) groups is 1. The predicted molar refractivity (Wildman–Crippen MR) is 53.0 cm³/mol. The summed E-state index contributed by atoms with van der Waals surface area (Å²) in [5.74, 6) is 0. The van der Waals surface area contributed by atoms with Crippen molar-refractivity contribution < 1.29 is 4.79 Å². The first-order chi connectivity index (χ1) is 5.70. The molecule has 0 N–H and O–H groups in total. The van der Waals surface area contributed by atoms with Gasteiger partial charge in [0, 0.05) is 0 Å². The summed E-state index contributed by atoms with van der Waals surface area (Å²) in [5.41, 5.74) is 2.32. The standard InChI is InChI=1S/C11H16O/c1-4-10(2)6-5-7-11(3)8-9-12/h5-9H,4H2,1-3H3/b7-5-,10-6-,11-8+. The maximum Gasteiger partial charge on any atom is 0.143 e. The van der Waals surface area contributed by atoms with Gasteiger partial charge in [-0.05, 0) is 31.9 Å². The molecular weight excluding hydrogens is 148 g/mol. The molecule has 0 bridgehead atoms. The molecule has 1 heteroatoms. The van der Waals surface area contributed by atoms with Crippen molar-refractivity contribution in [2.24, 2.45) is 0 Å². The fourth-order valence-electron chi connectivity index (χ4n) is 0.645. The second-order valence-corrected chi connectivity index (χ2v) is 2.77. The zero-order valence-corrected chi connectivity index (χ0v) is 8.00. The average Bonchev–Trinajstić information content (AvgIpc) is 2.04. The number of hydrogen-bond acceptors (Lipinski definition) is 1. The Balaban J connectivity index is 4.08. The third-order valence-corrected chi connectivity index (χ3v) is 1.63. The van der Waals surface area contributed by atoms with Crippen LogP contribution in [0.1, 0.15) is 27.2 Å². The molecule has 0 aliphatic heterocycles. The molecule has 0 saturated carbocycles. The minimum Gasteiger partial charge on any atom is -0.299 e. The van der Waals surface area contributed by atoms with Gasteiger partial charge in [0.15, 0.2) is 0 Å². The third kappa shape index (κ3) is 5.66. The van der Waals surface area contributed by atoms with E-state index in [-0.39, 0.29) is 0 Å². The van der Waals surface area contributed by atoms with Gasteiger partial charge in [0.25, 0.3) is 0 Å². The molecule has 0 rings (SSSR count). The highest BCUT2D eigenvalue weighted by Crippen LogP contribution is 1.99. The lowest BCUT2D eigenvalue weighted by molar-refractivity contribution is -0.104. The van der Waals surface area contributed by atoms with Crippen molar-refractivity contribution in [1.29, 1.82) is 0 Å². The molecule has 0 saturated heterocycles. The van der Waals surface area contributed by atoms with E-state index in [1.165, 1.54) is 5.57 Å². The molecule has 0 aliphatic carbocycles. The lowest BCUT2D eigenvalue weighted by Crippen LogP contribution is -1.70. The molecule has 0 aliphatic rings. The Bertz CT molecular complexity index is 219. The number of carbonyl (C=O) groups excluding carboxylic acids is 1. The lowest BCUT2D eigenvalue weighted by atomic mass is 10.2. The second-order valence-electron chi connectivity index (χ2n) is 2.77. The topological polar surface area (TPSA) is 17.1 Å². The van der Waals surface area contributed by atoms with E-state index in [1.807, 2.05) is 19.1 Å². The fourth-order valence-corrected chi connectivity index (χ4v) is 0.645. The van der Waals surface area contributed by atoms with Crippen LogP contribution in [0.3, 0.4) is 0 Å². The zero-order chi connectivity index (χ0) is 9.40. The summed E-state index contributed by atoms with van der Waals surface area (Å²) in [6, 6.07) is 0. The van der Waals surface area contributed by atoms with Gasteiger partial charge in [0.05, 0.1) is 0 Å². The first-order valence-electron chi connectivity index (χ1n) is 4.16. The molecule has 0 unspecified atom stereocenters. The van der Waals surface area contributed by atoms with Crippen molar-refractivity contribution in [2.45, 2.75) is 27.2 Å². The Hall–Kier alpha value is -1.11. The highest BCUT2D eigenvalue weighted by atomic mass is 16.1. The van der Waals surface area contributed by atoms with Gasteiger partial charge in [-0.2, -0.15) is 0 Å². The average molecular weight is 164 g/mol. The van der Waals surface area contributed by atoms with E-state index in [9.17, 15) is 4.79 Å². The van der Waals surface area contributed by atoms with Crippen LogP contribution < -0.4 is 0 Å². The number of hydrogen-bond donors (Lipinski definition) is 0. The van der Waals surface area contributed by atoms with E-state index >= 15 is 0 Å². The molecule has 66 valence electrons. The minimum absolute atomic E-state index is 0.802. The molecule has 12 heavy (non-hydrogen) atoms. The Morgan fingerprint density at radius 2 is 1.92 bits per heavy atom. The van der Waals surface area contributed by atoms with Gasteiger partial charge < -0.3 is 0 Å². The summed E-state index contributed by atoms with van der Waals surface area (Å²) in [6.45, 7) is 6.11. The van der Waals surface area contributed by atoms with Crippen LogP contribution in [-0.4, -0.2) is 6.29 Å². The smallest absolute Gasteiger partial charge is 0.143 e. The SMILES string of the molecule is CC\C(C)=C/C=C\C(C)=C\C=O. The summed E-state index contributed by atoms with van der Waals surface area (Å²) in [4.78, 5) is 10.0. The van der Waals surface area contributed by atoms with Crippen LogP contribution in [0.5, 0.6) is 0 Å². The number of aldehydes is 1. The van der Waals surface area contributed by atoms with E-state index in [0.29, 0.717) is 0 Å². The Kier molecular flexibility index (Phi) is 5.98. The maximum atomic E-state index is 10.0. The largest absolute Gasteiger partial charge is 0.299 e. The van der Waals surface area contributed by atoms with E-state index < -0.39 is 0 Å². The minimum atomic E-state index is 0.802. The van der Waals surface area contributed by atoms with Gasteiger partial charge in [-0.25, -0.2) is 0 Å². The van der Waals surface area contributed by atoms with E-state index in [2.05, 4.69) is 19.9 Å². The van der Waals surface area contributed by atoms with Gasteiger partial charge in [0.2, 0.25) is 0 Å². The molecule has 0 amide bonds. The predicted octanol–water partition coefficient (Wildman–Crippen LogP) is 3.04. The molecule has 0 atom stereocenters. The highest BCUT2D eigenvalue weighted by molar-refractivity contribution is 5.66. The molecule has 0 fully saturated rings. The molecule has 0 spiro atoms. The van der Waals surface area contributed by atoms with Gasteiger partial charge in [-0.15, -0.1) is 0 Å². The van der Waals surface area contributed by atoms with Crippen molar-refractivity contribution in [3.05, 3.63) is 35.5 Å².